The van der Waals surface area contributed by atoms with E-state index in [0.29, 0.717) is 0 Å². The van der Waals surface area contributed by atoms with E-state index in [2.05, 4.69) is 129 Å². The molecule has 0 N–H and O–H groups in total. The quantitative estimate of drug-likeness (QED) is 0.198. The van der Waals surface area contributed by atoms with E-state index in [1.807, 2.05) is 12.2 Å². The van der Waals surface area contributed by atoms with Crippen LogP contribution in [0.15, 0.2) is 121 Å². The third-order valence-corrected chi connectivity index (χ3v) is 7.78. The third kappa shape index (κ3) is 6.80. The van der Waals surface area contributed by atoms with E-state index in [1.54, 1.807) is 0 Å². The normalized spacial score (nSPS) is 11.7. The van der Waals surface area contributed by atoms with Gasteiger partial charge in [-0.25, -0.2) is 12.2 Å². The van der Waals surface area contributed by atoms with E-state index in [0.717, 1.165) is 19.3 Å². The number of allylic oxidation sites excluding steroid dienone is 4. The second-order valence-corrected chi connectivity index (χ2v) is 10.0. The summed E-state index contributed by atoms with van der Waals surface area (Å²) in [6, 6.07) is 37.1. The van der Waals surface area contributed by atoms with Crippen molar-refractivity contribution >= 4 is 24.8 Å². The molecule has 176 valence electrons. The summed E-state index contributed by atoms with van der Waals surface area (Å²) in [6.45, 7) is 4.41. The Balaban J connectivity index is 0.000000144. The van der Waals surface area contributed by atoms with E-state index >= 15 is 0 Å². The second-order valence-electron chi connectivity index (χ2n) is 8.80. The zero-order valence-corrected chi connectivity index (χ0v) is 23.6. The molecule has 1 aliphatic rings. The van der Waals surface area contributed by atoms with Crippen molar-refractivity contribution in [3.05, 3.63) is 150 Å². The first-order valence-electron chi connectivity index (χ1n) is 12.7. The van der Waals surface area contributed by atoms with E-state index < -0.39 is 0 Å². The van der Waals surface area contributed by atoms with Gasteiger partial charge in [-0.3, -0.25) is 6.08 Å². The van der Waals surface area contributed by atoms with Crippen molar-refractivity contribution in [2.45, 2.75) is 33.1 Å². The van der Waals surface area contributed by atoms with E-state index in [4.69, 9.17) is 0 Å². The Morgan fingerprint density at radius 3 is 1.58 bits per heavy atom. The Morgan fingerprint density at radius 1 is 0.722 bits per heavy atom. The molecular formula is C35H32Zr. The van der Waals surface area contributed by atoms with Gasteiger partial charge in [-0.15, -0.1) is 46.2 Å². The predicted molar refractivity (Wildman–Crippen MR) is 153 cm³/mol. The molecule has 6 rings (SSSR count). The molecule has 0 atom stereocenters. The van der Waals surface area contributed by atoms with E-state index in [1.165, 1.54) is 71.2 Å². The van der Waals surface area contributed by atoms with Crippen LogP contribution in [-0.2, 0) is 37.1 Å². The standard InChI is InChI=1S/C17H17.C13H10.C5H5.Zr/c1-3-12-5-7-16-14(9-12)11-15-10-13(4-2)6-8-17(15)16;1-3-7-12(8-4-1)11-13-9-5-2-6-10-13;1-2-4-5-3-1;/h5-11H,3-4H2,1-2H3;1-10H;1-3H,4H2;/q-1;;-1;+2. The molecule has 5 aromatic carbocycles. The van der Waals surface area contributed by atoms with Crippen molar-refractivity contribution in [2.24, 2.45) is 0 Å². The first-order valence-corrected chi connectivity index (χ1v) is 13.9. The SMILES string of the molecule is CCc1ccc2c(c1)[cH-]c1cc(CC)ccc12.[C-]1=CC=CC1.[Zr+2]=[C](c1ccccc1)c1ccccc1. The summed E-state index contributed by atoms with van der Waals surface area (Å²) in [5.41, 5.74) is 5.50. The van der Waals surface area contributed by atoms with Gasteiger partial charge in [-0.05, 0) is 12.8 Å². The molecule has 0 saturated heterocycles. The molecule has 0 aromatic heterocycles. The van der Waals surface area contributed by atoms with Crippen LogP contribution >= 0.6 is 0 Å². The summed E-state index contributed by atoms with van der Waals surface area (Å²) in [5, 5.41) is 5.54. The van der Waals surface area contributed by atoms with Crippen LogP contribution in [0.1, 0.15) is 42.5 Å². The molecule has 1 heteroatoms. The van der Waals surface area contributed by atoms with Crippen LogP contribution in [0.2, 0.25) is 0 Å². The van der Waals surface area contributed by atoms with Crippen LogP contribution < -0.4 is 0 Å². The number of benzene rings is 4. The van der Waals surface area contributed by atoms with Gasteiger partial charge in [0, 0.05) is 0 Å². The van der Waals surface area contributed by atoms with Crippen molar-refractivity contribution in [3.63, 3.8) is 0 Å². The average molecular weight is 544 g/mol. The van der Waals surface area contributed by atoms with Gasteiger partial charge >= 0.3 is 99.2 Å². The zero-order valence-electron chi connectivity index (χ0n) is 21.2. The van der Waals surface area contributed by atoms with Gasteiger partial charge in [-0.2, -0.15) is 6.08 Å². The molecule has 0 unspecified atom stereocenters. The molecule has 0 saturated carbocycles. The monoisotopic (exact) mass is 542 g/mol. The minimum absolute atomic E-state index is 1.01. The number of hydrogen-bond donors (Lipinski definition) is 0. The molecule has 0 bridgehead atoms. The van der Waals surface area contributed by atoms with Crippen LogP contribution in [-0.4, -0.2) is 3.21 Å². The molecule has 0 radical (unpaired) electrons. The van der Waals surface area contributed by atoms with E-state index in [9.17, 15) is 0 Å². The fourth-order valence-electron chi connectivity index (χ4n) is 4.28. The topological polar surface area (TPSA) is 0 Å². The molecular weight excluding hydrogens is 512 g/mol. The summed E-state index contributed by atoms with van der Waals surface area (Å²) in [4.78, 5) is 0. The van der Waals surface area contributed by atoms with Crippen LogP contribution in [0.4, 0.5) is 0 Å². The van der Waals surface area contributed by atoms with Crippen LogP contribution in [0.3, 0.4) is 0 Å². The average Bonchev–Trinajstić information content (AvgIpc) is 3.65. The summed E-state index contributed by atoms with van der Waals surface area (Å²) < 4.78 is 1.42. The maximum absolute atomic E-state index is 2.99. The predicted octanol–water partition coefficient (Wildman–Crippen LogP) is 8.94. The Hall–Kier alpha value is -3.02. The van der Waals surface area contributed by atoms with Gasteiger partial charge in [0.05, 0.1) is 0 Å². The van der Waals surface area contributed by atoms with Crippen molar-refractivity contribution in [1.82, 2.24) is 0 Å². The Labute approximate surface area is 230 Å². The molecule has 0 heterocycles. The van der Waals surface area contributed by atoms with Gasteiger partial charge in [0.2, 0.25) is 0 Å². The van der Waals surface area contributed by atoms with Crippen LogP contribution in [0, 0.1) is 6.08 Å². The molecule has 0 fully saturated rings. The third-order valence-electron chi connectivity index (χ3n) is 6.36. The van der Waals surface area contributed by atoms with Gasteiger partial charge in [-0.1, -0.05) is 49.2 Å². The minimum atomic E-state index is 1.01. The number of hydrogen-bond acceptors (Lipinski definition) is 0. The van der Waals surface area contributed by atoms with Crippen molar-refractivity contribution in [1.29, 1.82) is 0 Å². The zero-order chi connectivity index (χ0) is 25.2. The summed E-state index contributed by atoms with van der Waals surface area (Å²) in [6.07, 6.45) is 12.2. The van der Waals surface area contributed by atoms with Crippen molar-refractivity contribution in [2.75, 3.05) is 0 Å². The first-order chi connectivity index (χ1) is 17.7. The van der Waals surface area contributed by atoms with Crippen LogP contribution in [0.5, 0.6) is 0 Å². The maximum atomic E-state index is 2.99. The Morgan fingerprint density at radius 2 is 1.22 bits per heavy atom. The Bertz CT molecular complexity index is 1360. The summed E-state index contributed by atoms with van der Waals surface area (Å²) in [5.74, 6) is 0. The Kier molecular flexibility index (Phi) is 9.65. The molecule has 0 spiro atoms. The molecule has 0 aliphatic heterocycles. The second kappa shape index (κ2) is 13.3. The van der Waals surface area contributed by atoms with Crippen molar-refractivity contribution in [3.8, 4) is 0 Å². The van der Waals surface area contributed by atoms with Gasteiger partial charge < -0.3 is 0 Å². The summed E-state index contributed by atoms with van der Waals surface area (Å²) in [7, 11) is 0. The number of fused-ring (bicyclic) bond motifs is 3. The molecule has 0 nitrogen and oxygen atoms in total. The molecule has 5 aromatic rings. The fourth-order valence-corrected chi connectivity index (χ4v) is 5.10. The van der Waals surface area contributed by atoms with Gasteiger partial charge in [0.1, 0.15) is 0 Å². The van der Waals surface area contributed by atoms with Gasteiger partial charge in [0.25, 0.3) is 0 Å². The molecule has 0 amide bonds. The van der Waals surface area contributed by atoms with Crippen molar-refractivity contribution < 1.29 is 24.2 Å². The molecule has 1 aliphatic carbocycles. The van der Waals surface area contributed by atoms with E-state index in [-0.39, 0.29) is 0 Å². The molecule has 36 heavy (non-hydrogen) atoms. The fraction of sp³-hybridized carbons (Fsp3) is 0.143. The summed E-state index contributed by atoms with van der Waals surface area (Å²) >= 11 is 1.46. The first kappa shape index (κ1) is 26.1. The number of rotatable bonds is 4. The van der Waals surface area contributed by atoms with Crippen LogP contribution in [0.25, 0.3) is 21.5 Å². The number of aryl methyl sites for hydroxylation is 2. The van der Waals surface area contributed by atoms with Gasteiger partial charge in [0.15, 0.2) is 0 Å².